The fraction of sp³-hybridized carbons (Fsp3) is 0.417. The Morgan fingerprint density at radius 1 is 1.37 bits per heavy atom. The van der Waals surface area contributed by atoms with Crippen LogP contribution in [0.1, 0.15) is 23.7 Å². The summed E-state index contributed by atoms with van der Waals surface area (Å²) in [5.41, 5.74) is 1.89. The molecule has 0 atom stereocenters. The number of hydroxylamine groups is 1. The van der Waals surface area contributed by atoms with Gasteiger partial charge in [0.1, 0.15) is 5.75 Å². The molecule has 0 heterocycles. The number of halogens is 3. The number of nitrogens with one attached hydrogen (secondary N) is 1. The first kappa shape index (κ1) is 15.3. The van der Waals surface area contributed by atoms with Crippen molar-refractivity contribution in [3.63, 3.8) is 0 Å². The van der Waals surface area contributed by atoms with Gasteiger partial charge in [-0.3, -0.25) is 9.63 Å². The van der Waals surface area contributed by atoms with Crippen LogP contribution < -0.4 is 10.2 Å². The van der Waals surface area contributed by atoms with E-state index in [1.165, 1.54) is 12.1 Å². The van der Waals surface area contributed by atoms with Crippen LogP contribution in [0.15, 0.2) is 24.3 Å². The molecule has 0 saturated carbocycles. The lowest BCUT2D eigenvalue weighted by atomic mass is 10.2. The molecule has 0 aliphatic rings. The van der Waals surface area contributed by atoms with E-state index in [9.17, 15) is 18.0 Å². The number of ether oxygens (including phenoxy) is 1. The minimum absolute atomic E-state index is 0.163. The normalized spacial score (nSPS) is 11.2. The molecule has 19 heavy (non-hydrogen) atoms. The Kier molecular flexibility index (Phi) is 5.62. The largest absolute Gasteiger partial charge is 0.494 e. The zero-order chi connectivity index (χ0) is 14.3. The molecule has 1 amide bonds. The van der Waals surface area contributed by atoms with Crippen LogP contribution in [0.4, 0.5) is 13.2 Å². The maximum Gasteiger partial charge on any atom is 0.414 e. The van der Waals surface area contributed by atoms with Crippen molar-refractivity contribution in [1.82, 2.24) is 5.48 Å². The van der Waals surface area contributed by atoms with Crippen LogP contribution >= 0.6 is 0 Å². The van der Waals surface area contributed by atoms with E-state index in [4.69, 9.17) is 4.74 Å². The number of amides is 1. The van der Waals surface area contributed by atoms with Crippen LogP contribution in [0, 0.1) is 0 Å². The molecule has 7 heteroatoms. The summed E-state index contributed by atoms with van der Waals surface area (Å²) in [7, 11) is 0. The average Bonchev–Trinajstić information content (AvgIpc) is 2.35. The highest BCUT2D eigenvalue weighted by Crippen LogP contribution is 2.15. The average molecular weight is 277 g/mol. The Morgan fingerprint density at radius 2 is 2.11 bits per heavy atom. The van der Waals surface area contributed by atoms with Crippen molar-refractivity contribution in [2.45, 2.75) is 19.5 Å². The number of hydrogen-bond donors (Lipinski definition) is 1. The molecule has 0 aromatic heterocycles. The monoisotopic (exact) mass is 277 g/mol. The highest BCUT2D eigenvalue weighted by atomic mass is 19.4. The van der Waals surface area contributed by atoms with Gasteiger partial charge in [0.2, 0.25) is 0 Å². The van der Waals surface area contributed by atoms with E-state index in [0.717, 1.165) is 6.42 Å². The Labute approximate surface area is 108 Å². The lowest BCUT2D eigenvalue weighted by Crippen LogP contribution is -2.29. The molecule has 0 unspecified atom stereocenters. The molecule has 0 aliphatic carbocycles. The first-order valence-electron chi connectivity index (χ1n) is 5.64. The van der Waals surface area contributed by atoms with Gasteiger partial charge in [-0.2, -0.15) is 13.2 Å². The Hall–Kier alpha value is -1.76. The predicted octanol–water partition coefficient (Wildman–Crippen LogP) is 2.70. The molecular formula is C12H14F3NO3. The minimum atomic E-state index is -4.49. The minimum Gasteiger partial charge on any atom is -0.494 e. The van der Waals surface area contributed by atoms with Crippen LogP contribution in [-0.4, -0.2) is 25.3 Å². The van der Waals surface area contributed by atoms with Crippen LogP contribution in [0.3, 0.4) is 0 Å². The maximum atomic E-state index is 11.8. The number of benzene rings is 1. The highest BCUT2D eigenvalue weighted by Gasteiger charge is 2.28. The first-order valence-corrected chi connectivity index (χ1v) is 5.64. The molecule has 1 aromatic carbocycles. The van der Waals surface area contributed by atoms with Crippen LogP contribution in [0.5, 0.6) is 5.75 Å². The maximum absolute atomic E-state index is 11.8. The summed E-state index contributed by atoms with van der Waals surface area (Å²) in [4.78, 5) is 15.6. The molecule has 0 spiro atoms. The van der Waals surface area contributed by atoms with Gasteiger partial charge in [-0.1, -0.05) is 13.0 Å². The lowest BCUT2D eigenvalue weighted by Gasteiger charge is -2.09. The van der Waals surface area contributed by atoms with E-state index in [1.54, 1.807) is 17.6 Å². The van der Waals surface area contributed by atoms with E-state index in [-0.39, 0.29) is 5.56 Å². The summed E-state index contributed by atoms with van der Waals surface area (Å²) in [6.07, 6.45) is -3.68. The topological polar surface area (TPSA) is 47.6 Å². The van der Waals surface area contributed by atoms with Crippen molar-refractivity contribution in [3.8, 4) is 5.75 Å². The van der Waals surface area contributed by atoms with Gasteiger partial charge in [0.05, 0.1) is 6.61 Å². The van der Waals surface area contributed by atoms with Crippen LogP contribution in [-0.2, 0) is 4.84 Å². The summed E-state index contributed by atoms with van der Waals surface area (Å²) in [5, 5.41) is 0. The lowest BCUT2D eigenvalue weighted by molar-refractivity contribution is -0.184. The number of hydrogen-bond acceptors (Lipinski definition) is 3. The van der Waals surface area contributed by atoms with Crippen molar-refractivity contribution in [2.24, 2.45) is 0 Å². The summed E-state index contributed by atoms with van der Waals surface area (Å²) in [5.74, 6) is -0.281. The van der Waals surface area contributed by atoms with Crippen molar-refractivity contribution in [1.29, 1.82) is 0 Å². The van der Waals surface area contributed by atoms with Gasteiger partial charge in [0, 0.05) is 5.56 Å². The first-order chi connectivity index (χ1) is 8.92. The van der Waals surface area contributed by atoms with Gasteiger partial charge >= 0.3 is 6.18 Å². The summed E-state index contributed by atoms with van der Waals surface area (Å²) >= 11 is 0. The van der Waals surface area contributed by atoms with Gasteiger partial charge in [0.25, 0.3) is 5.91 Å². The molecule has 1 N–H and O–H groups in total. The number of carbonyl (C=O) groups is 1. The zero-order valence-corrected chi connectivity index (χ0v) is 10.3. The van der Waals surface area contributed by atoms with Crippen molar-refractivity contribution in [2.75, 3.05) is 13.2 Å². The van der Waals surface area contributed by atoms with Crippen LogP contribution in [0.25, 0.3) is 0 Å². The molecule has 1 aromatic rings. The summed E-state index contributed by atoms with van der Waals surface area (Å²) < 4.78 is 40.8. The fourth-order valence-corrected chi connectivity index (χ4v) is 1.19. The van der Waals surface area contributed by atoms with Gasteiger partial charge in [0.15, 0.2) is 6.61 Å². The quantitative estimate of drug-likeness (QED) is 0.813. The molecule has 1 rings (SSSR count). The molecule has 0 bridgehead atoms. The fourth-order valence-electron chi connectivity index (χ4n) is 1.19. The molecular weight excluding hydrogens is 263 g/mol. The molecule has 4 nitrogen and oxygen atoms in total. The van der Waals surface area contributed by atoms with Gasteiger partial charge < -0.3 is 4.74 Å². The molecule has 106 valence electrons. The van der Waals surface area contributed by atoms with E-state index >= 15 is 0 Å². The van der Waals surface area contributed by atoms with Gasteiger partial charge in [-0.05, 0) is 24.6 Å². The van der Waals surface area contributed by atoms with Crippen molar-refractivity contribution in [3.05, 3.63) is 29.8 Å². The second kappa shape index (κ2) is 6.98. The molecule has 0 saturated heterocycles. The van der Waals surface area contributed by atoms with E-state index in [2.05, 4.69) is 4.84 Å². The third-order valence-electron chi connectivity index (χ3n) is 1.97. The highest BCUT2D eigenvalue weighted by molar-refractivity contribution is 5.93. The van der Waals surface area contributed by atoms with E-state index in [1.807, 2.05) is 6.92 Å². The summed E-state index contributed by atoms with van der Waals surface area (Å²) in [6.45, 7) is 0.891. The predicted molar refractivity (Wildman–Crippen MR) is 61.7 cm³/mol. The van der Waals surface area contributed by atoms with E-state index < -0.39 is 18.7 Å². The molecule has 0 aliphatic heterocycles. The zero-order valence-electron chi connectivity index (χ0n) is 10.3. The molecule has 0 radical (unpaired) electrons. The number of rotatable bonds is 6. The third-order valence-corrected chi connectivity index (χ3v) is 1.97. The Morgan fingerprint density at radius 3 is 2.74 bits per heavy atom. The van der Waals surface area contributed by atoms with Gasteiger partial charge in [-0.15, -0.1) is 0 Å². The number of alkyl halides is 3. The molecule has 0 fully saturated rings. The third kappa shape index (κ3) is 6.10. The summed E-state index contributed by atoms with van der Waals surface area (Å²) in [6, 6.07) is 6.11. The second-order valence-corrected chi connectivity index (χ2v) is 3.71. The van der Waals surface area contributed by atoms with Gasteiger partial charge in [-0.25, -0.2) is 5.48 Å². The van der Waals surface area contributed by atoms with Crippen molar-refractivity contribution >= 4 is 5.91 Å². The standard InChI is InChI=1S/C12H14F3NO3/c1-2-6-18-10-5-3-4-9(7-10)11(17)16-19-8-12(13,14)15/h3-5,7H,2,6,8H2,1H3,(H,16,17). The smallest absolute Gasteiger partial charge is 0.414 e. The Bertz CT molecular complexity index is 421. The number of carbonyl (C=O) groups excluding carboxylic acids is 1. The van der Waals surface area contributed by atoms with E-state index in [0.29, 0.717) is 12.4 Å². The van der Waals surface area contributed by atoms with Crippen molar-refractivity contribution < 1.29 is 27.5 Å². The van der Waals surface area contributed by atoms with Crippen LogP contribution in [0.2, 0.25) is 0 Å². The Balaban J connectivity index is 2.52. The second-order valence-electron chi connectivity index (χ2n) is 3.71. The SMILES string of the molecule is CCCOc1cccc(C(=O)NOCC(F)(F)F)c1.